The van der Waals surface area contributed by atoms with Gasteiger partial charge in [-0.1, -0.05) is 37.1 Å². The lowest BCUT2D eigenvalue weighted by atomic mass is 9.91. The number of hydrogen-bond donors (Lipinski definition) is 4. The van der Waals surface area contributed by atoms with Gasteiger partial charge in [-0.15, -0.1) is 0 Å². The Morgan fingerprint density at radius 3 is 2.61 bits per heavy atom. The summed E-state index contributed by atoms with van der Waals surface area (Å²) in [4.78, 5) is 21.2. The molecule has 160 valence electrons. The van der Waals surface area contributed by atoms with E-state index in [1.807, 2.05) is 42.5 Å². The smallest absolute Gasteiger partial charge is 0.251 e. The molecule has 4 rings (SSSR count). The Labute approximate surface area is 181 Å². The number of aromatic nitrogens is 2. The quantitative estimate of drug-likeness (QED) is 0.489. The molecule has 1 aliphatic rings. The van der Waals surface area contributed by atoms with Gasteiger partial charge in [0.2, 0.25) is 0 Å². The van der Waals surface area contributed by atoms with Gasteiger partial charge in [0, 0.05) is 35.0 Å². The third kappa shape index (κ3) is 5.07. The van der Waals surface area contributed by atoms with Crippen LogP contribution in [-0.4, -0.2) is 33.1 Å². The van der Waals surface area contributed by atoms with E-state index >= 15 is 0 Å². The van der Waals surface area contributed by atoms with Crippen molar-refractivity contribution in [3.63, 3.8) is 0 Å². The lowest BCUT2D eigenvalue weighted by Gasteiger charge is -2.29. The van der Waals surface area contributed by atoms with Crippen LogP contribution in [0.25, 0.3) is 11.3 Å². The number of carbonyl (C=O) groups excluding carboxylic acids is 1. The highest BCUT2D eigenvalue weighted by molar-refractivity contribution is 5.94. The molecule has 0 aliphatic heterocycles. The number of aliphatic hydroxyl groups is 1. The number of rotatable bonds is 6. The van der Waals surface area contributed by atoms with Crippen molar-refractivity contribution >= 4 is 17.4 Å². The first-order chi connectivity index (χ1) is 15.1. The van der Waals surface area contributed by atoms with E-state index in [0.717, 1.165) is 48.2 Å². The van der Waals surface area contributed by atoms with Crippen LogP contribution in [0.4, 0.5) is 11.5 Å². The van der Waals surface area contributed by atoms with Crippen LogP contribution < -0.4 is 16.4 Å². The first kappa shape index (κ1) is 21.0. The fourth-order valence-electron chi connectivity index (χ4n) is 3.92. The van der Waals surface area contributed by atoms with E-state index < -0.39 is 0 Å². The molecule has 1 aliphatic carbocycles. The molecule has 5 N–H and O–H groups in total. The summed E-state index contributed by atoms with van der Waals surface area (Å²) in [6, 6.07) is 16.8. The highest BCUT2D eigenvalue weighted by atomic mass is 16.3. The molecule has 0 bridgehead atoms. The maximum absolute atomic E-state index is 12.6. The van der Waals surface area contributed by atoms with Gasteiger partial charge >= 0.3 is 0 Å². The molecule has 0 spiro atoms. The largest absolute Gasteiger partial charge is 0.392 e. The van der Waals surface area contributed by atoms with Crippen molar-refractivity contribution < 1.29 is 9.90 Å². The van der Waals surface area contributed by atoms with Crippen molar-refractivity contribution in [3.8, 4) is 11.3 Å². The topological polar surface area (TPSA) is 113 Å². The third-order valence-electron chi connectivity index (χ3n) is 5.69. The van der Waals surface area contributed by atoms with Crippen molar-refractivity contribution in [1.29, 1.82) is 0 Å². The monoisotopic (exact) mass is 417 g/mol. The maximum Gasteiger partial charge on any atom is 0.251 e. The van der Waals surface area contributed by atoms with Crippen LogP contribution in [0.3, 0.4) is 0 Å². The van der Waals surface area contributed by atoms with E-state index in [0.29, 0.717) is 11.4 Å². The normalized spacial score (nSPS) is 18.4. The molecule has 31 heavy (non-hydrogen) atoms. The summed E-state index contributed by atoms with van der Waals surface area (Å²) in [5.41, 5.74) is 9.94. The molecule has 2 atom stereocenters. The number of nitrogens with zero attached hydrogens (tertiary/aromatic N) is 2. The molecule has 1 saturated carbocycles. The van der Waals surface area contributed by atoms with Crippen LogP contribution in [0.1, 0.15) is 41.6 Å². The molecule has 1 fully saturated rings. The summed E-state index contributed by atoms with van der Waals surface area (Å²) in [6.45, 7) is -0.0573. The first-order valence-corrected chi connectivity index (χ1v) is 10.6. The summed E-state index contributed by atoms with van der Waals surface area (Å²) in [6.07, 6.45) is 5.61. The minimum Gasteiger partial charge on any atom is -0.392 e. The fraction of sp³-hybridized carbons (Fsp3) is 0.292. The van der Waals surface area contributed by atoms with E-state index in [1.54, 1.807) is 12.1 Å². The average molecular weight is 418 g/mol. The molecule has 3 aromatic rings. The summed E-state index contributed by atoms with van der Waals surface area (Å²) in [7, 11) is 0. The zero-order valence-corrected chi connectivity index (χ0v) is 17.3. The second-order valence-corrected chi connectivity index (χ2v) is 7.83. The van der Waals surface area contributed by atoms with Gasteiger partial charge in [-0.25, -0.2) is 9.97 Å². The van der Waals surface area contributed by atoms with Crippen LogP contribution in [0.5, 0.6) is 0 Å². The summed E-state index contributed by atoms with van der Waals surface area (Å²) in [5.74, 6) is 0.530. The second-order valence-electron chi connectivity index (χ2n) is 7.83. The van der Waals surface area contributed by atoms with E-state index in [9.17, 15) is 9.90 Å². The molecule has 0 saturated heterocycles. The van der Waals surface area contributed by atoms with Crippen molar-refractivity contribution in [2.45, 2.75) is 44.4 Å². The average Bonchev–Trinajstić information content (AvgIpc) is 2.81. The Morgan fingerprint density at radius 1 is 1.06 bits per heavy atom. The minimum absolute atomic E-state index is 0.0292. The van der Waals surface area contributed by atoms with Crippen LogP contribution in [0.15, 0.2) is 60.9 Å². The van der Waals surface area contributed by atoms with Gasteiger partial charge in [0.15, 0.2) is 0 Å². The van der Waals surface area contributed by atoms with E-state index in [-0.39, 0.29) is 24.6 Å². The maximum atomic E-state index is 12.6. The Kier molecular flexibility index (Phi) is 6.54. The number of nitrogens with two attached hydrogens (primary N) is 1. The zero-order chi connectivity index (χ0) is 21.6. The summed E-state index contributed by atoms with van der Waals surface area (Å²) in [5, 5.41) is 15.9. The number of amides is 1. The Morgan fingerprint density at radius 2 is 1.84 bits per heavy atom. The molecular weight excluding hydrogens is 390 g/mol. The van der Waals surface area contributed by atoms with Gasteiger partial charge < -0.3 is 21.5 Å². The van der Waals surface area contributed by atoms with Gasteiger partial charge in [-0.3, -0.25) is 4.79 Å². The predicted octanol–water partition coefficient (Wildman–Crippen LogP) is 3.38. The highest BCUT2D eigenvalue weighted by Crippen LogP contribution is 2.24. The lowest BCUT2D eigenvalue weighted by molar-refractivity contribution is 0.0921. The van der Waals surface area contributed by atoms with Gasteiger partial charge in [-0.2, -0.15) is 0 Å². The fourth-order valence-corrected chi connectivity index (χ4v) is 3.92. The highest BCUT2D eigenvalue weighted by Gasteiger charge is 2.23. The van der Waals surface area contributed by atoms with Crippen molar-refractivity contribution in [3.05, 3.63) is 72.1 Å². The van der Waals surface area contributed by atoms with Gasteiger partial charge in [0.1, 0.15) is 12.1 Å². The SMILES string of the molecule is NC1CCCCC1NC(=O)c1ccc(Nc2cc(-c3ccccc3CO)ncn2)cc1. The molecule has 7 heteroatoms. The number of aliphatic hydroxyl groups excluding tert-OH is 1. The minimum atomic E-state index is -0.0983. The molecule has 7 nitrogen and oxygen atoms in total. The van der Waals surface area contributed by atoms with Gasteiger partial charge in [0.25, 0.3) is 5.91 Å². The molecule has 2 unspecified atom stereocenters. The Hall–Kier alpha value is -3.29. The van der Waals surface area contributed by atoms with Crippen LogP contribution in [-0.2, 0) is 6.61 Å². The van der Waals surface area contributed by atoms with Crippen LogP contribution >= 0.6 is 0 Å². The van der Waals surface area contributed by atoms with E-state index in [2.05, 4.69) is 20.6 Å². The first-order valence-electron chi connectivity index (χ1n) is 10.6. The van der Waals surface area contributed by atoms with E-state index in [1.165, 1.54) is 6.33 Å². The number of anilines is 2. The number of nitrogens with one attached hydrogen (secondary N) is 2. The molecule has 2 aromatic carbocycles. The van der Waals surface area contributed by atoms with E-state index in [4.69, 9.17) is 5.73 Å². The van der Waals surface area contributed by atoms with Crippen molar-refractivity contribution in [1.82, 2.24) is 15.3 Å². The summed E-state index contributed by atoms with van der Waals surface area (Å²) >= 11 is 0. The van der Waals surface area contributed by atoms with Crippen molar-refractivity contribution in [2.24, 2.45) is 5.73 Å². The molecular formula is C24H27N5O2. The van der Waals surface area contributed by atoms with Crippen LogP contribution in [0.2, 0.25) is 0 Å². The van der Waals surface area contributed by atoms with Crippen molar-refractivity contribution in [2.75, 3.05) is 5.32 Å². The zero-order valence-electron chi connectivity index (χ0n) is 17.3. The third-order valence-corrected chi connectivity index (χ3v) is 5.69. The molecule has 1 heterocycles. The Bertz CT molecular complexity index is 1040. The predicted molar refractivity (Wildman–Crippen MR) is 121 cm³/mol. The number of hydrogen-bond acceptors (Lipinski definition) is 6. The van der Waals surface area contributed by atoms with Gasteiger partial charge in [-0.05, 0) is 42.7 Å². The molecule has 1 amide bonds. The Balaban J connectivity index is 1.44. The second kappa shape index (κ2) is 9.68. The lowest BCUT2D eigenvalue weighted by Crippen LogP contribution is -2.49. The molecule has 1 aromatic heterocycles. The van der Waals surface area contributed by atoms with Crippen LogP contribution in [0, 0.1) is 0 Å². The number of carbonyl (C=O) groups is 1. The standard InChI is InChI=1S/C24H27N5O2/c25-20-7-3-4-8-21(20)29-24(31)16-9-11-18(12-10-16)28-23-13-22(26-15-27-23)19-6-2-1-5-17(19)14-30/h1-2,5-6,9-13,15,20-21,30H,3-4,7-8,14,25H2,(H,29,31)(H,26,27,28). The molecule has 0 radical (unpaired) electrons. The summed E-state index contributed by atoms with van der Waals surface area (Å²) < 4.78 is 0. The number of benzene rings is 2. The van der Waals surface area contributed by atoms with Gasteiger partial charge in [0.05, 0.1) is 12.3 Å².